The highest BCUT2D eigenvalue weighted by atomic mass is 35.5. The maximum atomic E-state index is 12.6. The van der Waals surface area contributed by atoms with Crippen LogP contribution in [0.1, 0.15) is 6.42 Å². The number of para-hydroxylation sites is 1. The topological polar surface area (TPSA) is 83.0 Å². The number of rotatable bonds is 7. The zero-order chi connectivity index (χ0) is 19.1. The molecule has 0 atom stereocenters. The van der Waals surface area contributed by atoms with E-state index >= 15 is 0 Å². The average Bonchev–Trinajstić information content (AvgIpc) is 3.16. The van der Waals surface area contributed by atoms with Gasteiger partial charge in [-0.05, 0) is 24.3 Å². The molecule has 0 aliphatic heterocycles. The highest BCUT2D eigenvalue weighted by Crippen LogP contribution is 2.29. The molecule has 27 heavy (non-hydrogen) atoms. The van der Waals surface area contributed by atoms with E-state index < -0.39 is 0 Å². The number of hydrogen-bond acceptors (Lipinski definition) is 6. The first-order valence-electron chi connectivity index (χ1n) is 8.12. The number of benzene rings is 2. The number of halogens is 1. The minimum Gasteiger partial charge on any atom is -0.411 e. The second kappa shape index (κ2) is 9.21. The van der Waals surface area contributed by atoms with Crippen molar-refractivity contribution in [2.45, 2.75) is 11.6 Å². The molecule has 0 unspecified atom stereocenters. The van der Waals surface area contributed by atoms with Crippen molar-refractivity contribution in [3.63, 3.8) is 0 Å². The Morgan fingerprint density at radius 2 is 1.89 bits per heavy atom. The Hall–Kier alpha value is -2.82. The molecule has 1 heterocycles. The van der Waals surface area contributed by atoms with Crippen molar-refractivity contribution in [2.24, 2.45) is 0 Å². The lowest BCUT2D eigenvalue weighted by Gasteiger charge is -2.21. The minimum absolute atomic E-state index is 0.116. The van der Waals surface area contributed by atoms with E-state index in [1.165, 1.54) is 0 Å². The van der Waals surface area contributed by atoms with E-state index in [1.807, 2.05) is 42.5 Å². The molecule has 0 saturated heterocycles. The molecule has 1 amide bonds. The van der Waals surface area contributed by atoms with Crippen LogP contribution in [0.4, 0.5) is 5.69 Å². The molecule has 0 N–H and O–H groups in total. The van der Waals surface area contributed by atoms with Gasteiger partial charge in [0.05, 0.1) is 28.8 Å². The van der Waals surface area contributed by atoms with Crippen LogP contribution in [0.25, 0.3) is 11.5 Å². The minimum atomic E-state index is -0.140. The molecule has 0 radical (unpaired) electrons. The number of amides is 1. The summed E-state index contributed by atoms with van der Waals surface area (Å²) in [4.78, 5) is 14.2. The number of anilines is 1. The number of carbonyl (C=O) groups excluding carboxylic acids is 1. The second-order valence-electron chi connectivity index (χ2n) is 5.43. The number of nitrogens with zero attached hydrogens (tertiary/aromatic N) is 4. The second-order valence-corrected chi connectivity index (χ2v) is 6.76. The zero-order valence-corrected chi connectivity index (χ0v) is 15.8. The Bertz CT molecular complexity index is 956. The van der Waals surface area contributed by atoms with Gasteiger partial charge in [0.1, 0.15) is 0 Å². The molecule has 6 nitrogen and oxygen atoms in total. The van der Waals surface area contributed by atoms with Gasteiger partial charge in [-0.1, -0.05) is 53.7 Å². The third-order valence-corrected chi connectivity index (χ3v) is 4.78. The Morgan fingerprint density at radius 1 is 1.15 bits per heavy atom. The summed E-state index contributed by atoms with van der Waals surface area (Å²) in [6.07, 6.45) is 0.252. The Kier molecular flexibility index (Phi) is 6.47. The first kappa shape index (κ1) is 19.0. The van der Waals surface area contributed by atoms with Crippen molar-refractivity contribution in [1.29, 1.82) is 5.26 Å². The smallest absolute Gasteiger partial charge is 0.277 e. The van der Waals surface area contributed by atoms with Crippen LogP contribution < -0.4 is 4.90 Å². The van der Waals surface area contributed by atoms with Crippen LogP contribution >= 0.6 is 23.4 Å². The first-order chi connectivity index (χ1) is 13.2. The lowest BCUT2D eigenvalue weighted by atomic mass is 10.2. The normalized spacial score (nSPS) is 10.4. The number of hydrogen-bond donors (Lipinski definition) is 0. The Labute approximate surface area is 165 Å². The number of carbonyl (C=O) groups is 1. The van der Waals surface area contributed by atoms with Crippen molar-refractivity contribution in [1.82, 2.24) is 10.2 Å². The standard InChI is InChI=1S/C19H15ClN4O2S/c20-16-10-5-4-9-15(16)18-22-23-19(26-18)27-13-17(25)24(12-6-11-21)14-7-2-1-3-8-14/h1-5,7-10H,6,12-13H2. The molecule has 0 aliphatic rings. The van der Waals surface area contributed by atoms with Gasteiger partial charge in [0, 0.05) is 12.2 Å². The SMILES string of the molecule is N#CCCN(C(=O)CSc1nnc(-c2ccccc2Cl)o1)c1ccccc1. The van der Waals surface area contributed by atoms with Gasteiger partial charge >= 0.3 is 0 Å². The van der Waals surface area contributed by atoms with Crippen molar-refractivity contribution in [3.05, 3.63) is 59.6 Å². The fraction of sp³-hybridized carbons (Fsp3) is 0.158. The molecule has 0 spiro atoms. The molecule has 136 valence electrons. The van der Waals surface area contributed by atoms with E-state index in [1.54, 1.807) is 17.0 Å². The van der Waals surface area contributed by atoms with Crippen LogP contribution in [0.5, 0.6) is 0 Å². The van der Waals surface area contributed by atoms with Gasteiger partial charge in [-0.25, -0.2) is 0 Å². The summed E-state index contributed by atoms with van der Waals surface area (Å²) < 4.78 is 5.60. The summed E-state index contributed by atoms with van der Waals surface area (Å²) in [6.45, 7) is 0.328. The largest absolute Gasteiger partial charge is 0.411 e. The summed E-state index contributed by atoms with van der Waals surface area (Å²) in [5.41, 5.74) is 1.39. The summed E-state index contributed by atoms with van der Waals surface area (Å²) >= 11 is 7.28. The van der Waals surface area contributed by atoms with Gasteiger partial charge in [0.15, 0.2) is 0 Å². The van der Waals surface area contributed by atoms with Gasteiger partial charge in [-0.3, -0.25) is 4.79 Å². The van der Waals surface area contributed by atoms with E-state index in [0.29, 0.717) is 23.0 Å². The van der Waals surface area contributed by atoms with Crippen molar-refractivity contribution < 1.29 is 9.21 Å². The van der Waals surface area contributed by atoms with Crippen molar-refractivity contribution in [2.75, 3.05) is 17.2 Å². The predicted molar refractivity (Wildman–Crippen MR) is 104 cm³/mol. The van der Waals surface area contributed by atoms with Crippen LogP contribution in [0.15, 0.2) is 64.2 Å². The lowest BCUT2D eigenvalue weighted by molar-refractivity contribution is -0.116. The monoisotopic (exact) mass is 398 g/mol. The fourth-order valence-electron chi connectivity index (χ4n) is 2.38. The highest BCUT2D eigenvalue weighted by Gasteiger charge is 2.18. The van der Waals surface area contributed by atoms with Gasteiger partial charge in [0.25, 0.3) is 5.22 Å². The first-order valence-corrected chi connectivity index (χ1v) is 9.49. The Balaban J connectivity index is 1.67. The van der Waals surface area contributed by atoms with Gasteiger partial charge in [0.2, 0.25) is 11.8 Å². The maximum absolute atomic E-state index is 12.6. The van der Waals surface area contributed by atoms with E-state index in [2.05, 4.69) is 16.3 Å². The summed E-state index contributed by atoms with van der Waals surface area (Å²) in [5, 5.41) is 17.6. The molecule has 3 aromatic rings. The number of thioether (sulfide) groups is 1. The summed E-state index contributed by atoms with van der Waals surface area (Å²) in [6, 6.07) is 18.5. The molecule has 1 aromatic heterocycles. The van der Waals surface area contributed by atoms with Crippen molar-refractivity contribution >= 4 is 35.0 Å². The molecule has 0 aliphatic carbocycles. The van der Waals surface area contributed by atoms with Gasteiger partial charge in [-0.2, -0.15) is 5.26 Å². The quantitative estimate of drug-likeness (QED) is 0.547. The van der Waals surface area contributed by atoms with E-state index in [0.717, 1.165) is 17.4 Å². The number of nitriles is 1. The number of aromatic nitrogens is 2. The van der Waals surface area contributed by atoms with E-state index in [4.69, 9.17) is 21.3 Å². The Morgan fingerprint density at radius 3 is 2.63 bits per heavy atom. The molecular weight excluding hydrogens is 384 g/mol. The van der Waals surface area contributed by atoms with Gasteiger partial charge < -0.3 is 9.32 Å². The van der Waals surface area contributed by atoms with E-state index in [9.17, 15) is 4.79 Å². The van der Waals surface area contributed by atoms with Crippen molar-refractivity contribution in [3.8, 4) is 17.5 Å². The third kappa shape index (κ3) is 4.88. The molecule has 2 aromatic carbocycles. The lowest BCUT2D eigenvalue weighted by Crippen LogP contribution is -2.33. The fourth-order valence-corrected chi connectivity index (χ4v) is 3.24. The summed E-state index contributed by atoms with van der Waals surface area (Å²) in [5.74, 6) is 0.281. The van der Waals surface area contributed by atoms with Crippen LogP contribution in [0.2, 0.25) is 5.02 Å². The molecule has 0 saturated carbocycles. The van der Waals surface area contributed by atoms with Crippen LogP contribution in [-0.2, 0) is 4.79 Å². The molecule has 0 bridgehead atoms. The molecule has 8 heteroatoms. The molecule has 3 rings (SSSR count). The van der Waals surface area contributed by atoms with Crippen LogP contribution in [-0.4, -0.2) is 28.4 Å². The predicted octanol–water partition coefficient (Wildman–Crippen LogP) is 4.43. The maximum Gasteiger partial charge on any atom is 0.277 e. The van der Waals surface area contributed by atoms with Gasteiger partial charge in [-0.15, -0.1) is 10.2 Å². The molecular formula is C19H15ClN4O2S. The highest BCUT2D eigenvalue weighted by molar-refractivity contribution is 7.99. The zero-order valence-electron chi connectivity index (χ0n) is 14.2. The van der Waals surface area contributed by atoms with Crippen LogP contribution in [0, 0.1) is 11.3 Å². The average molecular weight is 399 g/mol. The van der Waals surface area contributed by atoms with E-state index in [-0.39, 0.29) is 23.3 Å². The molecule has 0 fully saturated rings. The summed E-state index contributed by atoms with van der Waals surface area (Å²) in [7, 11) is 0. The third-order valence-electron chi connectivity index (χ3n) is 3.65. The van der Waals surface area contributed by atoms with Crippen LogP contribution in [0.3, 0.4) is 0 Å².